The van der Waals surface area contributed by atoms with Gasteiger partial charge in [-0.05, 0) is 0 Å². The molecule has 2 aliphatic heterocycles. The Balaban J connectivity index is 1.35. The third kappa shape index (κ3) is 7.33. The fourth-order valence-electron chi connectivity index (χ4n) is 1.31. The van der Waals surface area contributed by atoms with Gasteiger partial charge in [-0.2, -0.15) is 0 Å². The standard InChI is InChI=1S/C11H20S2Te2/c1-9(6-15-8-11-5-13-11)2-3-14-7-10-4-12-10/h9-11H,2-8H2,1H3. The second-order valence-corrected chi connectivity index (χ2v) is 13.4. The molecule has 0 radical (unpaired) electrons. The summed E-state index contributed by atoms with van der Waals surface area (Å²) in [4.78, 5) is 0. The maximum absolute atomic E-state index is 2.50. The zero-order chi connectivity index (χ0) is 10.5. The molecule has 2 aliphatic rings. The topological polar surface area (TPSA) is 0 Å². The minimum absolute atomic E-state index is 0.406. The first-order chi connectivity index (χ1) is 7.34. The van der Waals surface area contributed by atoms with Gasteiger partial charge in [0.15, 0.2) is 0 Å². The van der Waals surface area contributed by atoms with Crippen molar-refractivity contribution in [2.45, 2.75) is 41.7 Å². The van der Waals surface area contributed by atoms with Crippen LogP contribution >= 0.6 is 23.5 Å². The molecule has 2 saturated heterocycles. The molecule has 3 atom stereocenters. The Morgan fingerprint density at radius 1 is 1.13 bits per heavy atom. The minimum atomic E-state index is 0.406. The Kier molecular flexibility index (Phi) is 7.00. The first-order valence-corrected chi connectivity index (χ1v) is 14.4. The van der Waals surface area contributed by atoms with E-state index in [-0.39, 0.29) is 0 Å². The van der Waals surface area contributed by atoms with Crippen molar-refractivity contribution in [3.63, 3.8) is 0 Å². The summed E-state index contributed by atoms with van der Waals surface area (Å²) in [5.74, 6) is 4.06. The van der Waals surface area contributed by atoms with Crippen LogP contribution in [0.2, 0.25) is 17.9 Å². The summed E-state index contributed by atoms with van der Waals surface area (Å²) in [7, 11) is 0. The molecule has 0 spiro atoms. The normalized spacial score (nSPS) is 30.2. The molecule has 0 aliphatic carbocycles. The van der Waals surface area contributed by atoms with Crippen molar-refractivity contribution in [1.29, 1.82) is 0 Å². The van der Waals surface area contributed by atoms with Gasteiger partial charge < -0.3 is 0 Å². The van der Waals surface area contributed by atoms with Crippen LogP contribution in [0.25, 0.3) is 0 Å². The molecular formula is C11H20S2Te2. The van der Waals surface area contributed by atoms with E-state index < -0.39 is 0 Å². The Bertz CT molecular complexity index is 181. The van der Waals surface area contributed by atoms with Crippen LogP contribution < -0.4 is 0 Å². The molecule has 0 saturated carbocycles. The number of rotatable bonds is 9. The summed E-state index contributed by atoms with van der Waals surface area (Å²) >= 11 is 5.20. The molecule has 0 N–H and O–H groups in total. The average Bonchev–Trinajstić information content (AvgIpc) is 3.06. The Morgan fingerprint density at radius 2 is 1.73 bits per heavy atom. The van der Waals surface area contributed by atoms with Gasteiger partial charge in [0, 0.05) is 0 Å². The second kappa shape index (κ2) is 7.66. The molecule has 88 valence electrons. The van der Waals surface area contributed by atoms with Crippen molar-refractivity contribution in [2.75, 3.05) is 11.5 Å². The van der Waals surface area contributed by atoms with Crippen LogP contribution in [0.3, 0.4) is 0 Å². The molecule has 0 aromatic carbocycles. The molecule has 15 heavy (non-hydrogen) atoms. The third-order valence-electron chi connectivity index (χ3n) is 2.57. The van der Waals surface area contributed by atoms with Crippen LogP contribution in [0.5, 0.6) is 0 Å². The van der Waals surface area contributed by atoms with Crippen molar-refractivity contribution in [3.8, 4) is 0 Å². The van der Waals surface area contributed by atoms with Gasteiger partial charge in [-0.15, -0.1) is 0 Å². The summed E-state index contributed by atoms with van der Waals surface area (Å²) in [6, 6.07) is 0. The van der Waals surface area contributed by atoms with Crippen LogP contribution in [-0.2, 0) is 0 Å². The molecule has 0 aromatic heterocycles. The molecule has 0 amide bonds. The van der Waals surface area contributed by atoms with Gasteiger partial charge >= 0.3 is 125 Å². The van der Waals surface area contributed by atoms with E-state index in [0.717, 1.165) is 16.4 Å². The molecule has 0 nitrogen and oxygen atoms in total. The van der Waals surface area contributed by atoms with Crippen LogP contribution in [-0.4, -0.2) is 63.9 Å². The third-order valence-corrected chi connectivity index (χ3v) is 13.3. The molecule has 2 heterocycles. The van der Waals surface area contributed by atoms with Crippen LogP contribution in [0.1, 0.15) is 13.3 Å². The van der Waals surface area contributed by atoms with Gasteiger partial charge in [-0.3, -0.25) is 0 Å². The molecule has 4 heteroatoms. The predicted octanol–water partition coefficient (Wildman–Crippen LogP) is 3.33. The van der Waals surface area contributed by atoms with Crippen LogP contribution in [0, 0.1) is 5.92 Å². The van der Waals surface area contributed by atoms with E-state index in [0.29, 0.717) is 41.8 Å². The molecular weight excluding hydrogens is 451 g/mol. The second-order valence-electron chi connectivity index (χ2n) is 4.42. The molecule has 2 fully saturated rings. The van der Waals surface area contributed by atoms with E-state index in [1.165, 1.54) is 11.5 Å². The van der Waals surface area contributed by atoms with E-state index in [4.69, 9.17) is 0 Å². The summed E-state index contributed by atoms with van der Waals surface area (Å²) in [6.45, 7) is 2.50. The first-order valence-electron chi connectivity index (χ1n) is 5.73. The predicted molar refractivity (Wildman–Crippen MR) is 77.0 cm³/mol. The molecule has 2 rings (SSSR count). The quantitative estimate of drug-likeness (QED) is 0.288. The van der Waals surface area contributed by atoms with E-state index in [2.05, 4.69) is 30.4 Å². The van der Waals surface area contributed by atoms with Crippen LogP contribution in [0.15, 0.2) is 0 Å². The van der Waals surface area contributed by atoms with E-state index >= 15 is 0 Å². The average molecular weight is 472 g/mol. The summed E-state index contributed by atoms with van der Waals surface area (Å²) in [5.41, 5.74) is 0. The summed E-state index contributed by atoms with van der Waals surface area (Å²) < 4.78 is 6.54. The van der Waals surface area contributed by atoms with Gasteiger partial charge in [-0.25, -0.2) is 0 Å². The van der Waals surface area contributed by atoms with Crippen molar-refractivity contribution >= 4 is 65.4 Å². The monoisotopic (exact) mass is 476 g/mol. The molecule has 0 bridgehead atoms. The Labute approximate surface area is 123 Å². The van der Waals surface area contributed by atoms with Crippen LogP contribution in [0.4, 0.5) is 0 Å². The molecule has 3 unspecified atom stereocenters. The summed E-state index contributed by atoms with van der Waals surface area (Å²) in [6.07, 6.45) is 1.57. The van der Waals surface area contributed by atoms with E-state index in [1.807, 2.05) is 0 Å². The van der Waals surface area contributed by atoms with E-state index in [9.17, 15) is 0 Å². The zero-order valence-corrected chi connectivity index (χ0v) is 15.6. The van der Waals surface area contributed by atoms with Crippen molar-refractivity contribution in [2.24, 2.45) is 5.92 Å². The van der Waals surface area contributed by atoms with Gasteiger partial charge in [0.05, 0.1) is 0 Å². The van der Waals surface area contributed by atoms with Crippen molar-refractivity contribution < 1.29 is 0 Å². The van der Waals surface area contributed by atoms with Gasteiger partial charge in [0.25, 0.3) is 0 Å². The van der Waals surface area contributed by atoms with Crippen molar-refractivity contribution in [3.05, 3.63) is 0 Å². The van der Waals surface area contributed by atoms with Crippen molar-refractivity contribution in [1.82, 2.24) is 0 Å². The number of thioether (sulfide) groups is 2. The van der Waals surface area contributed by atoms with E-state index in [1.54, 1.807) is 24.3 Å². The molecule has 0 aromatic rings. The number of hydrogen-bond acceptors (Lipinski definition) is 2. The maximum atomic E-state index is 2.50. The Morgan fingerprint density at radius 3 is 2.33 bits per heavy atom. The first kappa shape index (κ1) is 13.7. The summed E-state index contributed by atoms with van der Waals surface area (Å²) in [5, 5.41) is 2.25. The Hall–Kier alpha value is 2.28. The van der Waals surface area contributed by atoms with Gasteiger partial charge in [-0.1, -0.05) is 0 Å². The fourth-order valence-corrected chi connectivity index (χ4v) is 12.2. The van der Waals surface area contributed by atoms with Gasteiger partial charge in [0.2, 0.25) is 0 Å². The fraction of sp³-hybridized carbons (Fsp3) is 1.00. The SMILES string of the molecule is CC(CC[Te]CC1CS1)C[Te]CC1CS1. The number of hydrogen-bond donors (Lipinski definition) is 0. The zero-order valence-electron chi connectivity index (χ0n) is 9.31. The van der Waals surface area contributed by atoms with Gasteiger partial charge in [0.1, 0.15) is 0 Å².